The molecule has 0 atom stereocenters. The van der Waals surface area contributed by atoms with Crippen molar-refractivity contribution in [3.05, 3.63) is 64.4 Å². The van der Waals surface area contributed by atoms with E-state index in [4.69, 9.17) is 0 Å². The highest BCUT2D eigenvalue weighted by Crippen LogP contribution is 2.17. The van der Waals surface area contributed by atoms with Crippen LogP contribution < -0.4 is 0 Å². The van der Waals surface area contributed by atoms with Crippen LogP contribution in [-0.2, 0) is 0 Å². The number of allylic oxidation sites excluding steroid dienone is 1. The molecule has 0 radical (unpaired) electrons. The van der Waals surface area contributed by atoms with Crippen LogP contribution >= 0.6 is 15.9 Å². The number of carbonyl (C=O) groups excluding carboxylic acids is 1. The van der Waals surface area contributed by atoms with E-state index >= 15 is 0 Å². The summed E-state index contributed by atoms with van der Waals surface area (Å²) in [5.74, 6) is -0.257. The number of para-hydroxylation sites is 1. The zero-order chi connectivity index (χ0) is 13.0. The molecule has 0 aliphatic carbocycles. The average molecular weight is 304 g/mol. The molecule has 0 fully saturated rings. The molecule has 0 saturated heterocycles. The maximum Gasteiger partial charge on any atom is 0.189 e. The molecule has 0 amide bonds. The van der Waals surface area contributed by atoms with Gasteiger partial charge in [0.05, 0.1) is 5.56 Å². The standard InChI is InChI=1S/C14H10BrNO2/c15-11-7-10(8-16-9-11)5-6-14(18)12-3-1-2-4-13(12)17/h1-9,17H/b6-5+. The third-order valence-corrected chi connectivity index (χ3v) is 2.76. The largest absolute Gasteiger partial charge is 0.507 e. The van der Waals surface area contributed by atoms with Gasteiger partial charge in [-0.2, -0.15) is 0 Å². The van der Waals surface area contributed by atoms with Gasteiger partial charge in [-0.25, -0.2) is 0 Å². The molecule has 2 rings (SSSR count). The van der Waals surface area contributed by atoms with E-state index in [1.54, 1.807) is 36.7 Å². The van der Waals surface area contributed by atoms with Gasteiger partial charge in [0.1, 0.15) is 5.75 Å². The SMILES string of the molecule is O=C(/C=C/c1cncc(Br)c1)c1ccccc1O. The predicted octanol–water partition coefficient (Wildman–Crippen LogP) is 3.45. The molecule has 2 aromatic rings. The van der Waals surface area contributed by atoms with Crippen LogP contribution in [0.25, 0.3) is 6.08 Å². The normalized spacial score (nSPS) is 10.7. The first-order valence-electron chi connectivity index (χ1n) is 5.28. The summed E-state index contributed by atoms with van der Waals surface area (Å²) in [7, 11) is 0. The van der Waals surface area contributed by atoms with Crippen molar-refractivity contribution >= 4 is 27.8 Å². The molecule has 0 unspecified atom stereocenters. The summed E-state index contributed by atoms with van der Waals surface area (Å²) in [6, 6.07) is 8.31. The van der Waals surface area contributed by atoms with E-state index in [-0.39, 0.29) is 17.1 Å². The lowest BCUT2D eigenvalue weighted by Crippen LogP contribution is -1.94. The Labute approximate surface area is 113 Å². The van der Waals surface area contributed by atoms with Crippen LogP contribution in [0.5, 0.6) is 5.75 Å². The van der Waals surface area contributed by atoms with Crippen LogP contribution in [0.15, 0.2) is 53.3 Å². The summed E-state index contributed by atoms with van der Waals surface area (Å²) < 4.78 is 0.847. The molecule has 3 nitrogen and oxygen atoms in total. The number of halogens is 1. The Morgan fingerprint density at radius 3 is 2.78 bits per heavy atom. The van der Waals surface area contributed by atoms with E-state index in [2.05, 4.69) is 20.9 Å². The summed E-state index contributed by atoms with van der Waals surface area (Å²) in [5, 5.41) is 9.55. The fraction of sp³-hybridized carbons (Fsp3) is 0. The Morgan fingerprint density at radius 2 is 2.06 bits per heavy atom. The molecular formula is C14H10BrNO2. The van der Waals surface area contributed by atoms with Gasteiger partial charge in [0.2, 0.25) is 0 Å². The van der Waals surface area contributed by atoms with E-state index in [0.717, 1.165) is 10.0 Å². The van der Waals surface area contributed by atoms with Crippen molar-refractivity contribution in [1.82, 2.24) is 4.98 Å². The number of rotatable bonds is 3. The Balaban J connectivity index is 2.20. The van der Waals surface area contributed by atoms with Crippen molar-refractivity contribution in [2.75, 3.05) is 0 Å². The molecule has 90 valence electrons. The van der Waals surface area contributed by atoms with Gasteiger partial charge in [0.15, 0.2) is 5.78 Å². The lowest BCUT2D eigenvalue weighted by molar-refractivity contribution is 0.104. The average Bonchev–Trinajstić information content (AvgIpc) is 2.37. The van der Waals surface area contributed by atoms with Crippen molar-refractivity contribution < 1.29 is 9.90 Å². The summed E-state index contributed by atoms with van der Waals surface area (Å²) in [4.78, 5) is 15.8. The molecule has 0 bridgehead atoms. The number of nitrogens with zero attached hydrogens (tertiary/aromatic N) is 1. The minimum absolute atomic E-state index is 0.0143. The van der Waals surface area contributed by atoms with E-state index in [9.17, 15) is 9.90 Å². The number of phenols is 1. The molecule has 1 aromatic heterocycles. The fourth-order valence-electron chi connectivity index (χ4n) is 1.46. The Hall–Kier alpha value is -1.94. The Bertz CT molecular complexity index is 608. The highest BCUT2D eigenvalue weighted by molar-refractivity contribution is 9.10. The van der Waals surface area contributed by atoms with Gasteiger partial charge >= 0.3 is 0 Å². The van der Waals surface area contributed by atoms with Crippen molar-refractivity contribution in [2.45, 2.75) is 0 Å². The third-order valence-electron chi connectivity index (χ3n) is 2.32. The molecule has 0 aliphatic rings. The van der Waals surface area contributed by atoms with Gasteiger partial charge in [0.25, 0.3) is 0 Å². The zero-order valence-corrected chi connectivity index (χ0v) is 11.0. The second-order valence-corrected chi connectivity index (χ2v) is 4.57. The van der Waals surface area contributed by atoms with Crippen molar-refractivity contribution in [2.24, 2.45) is 0 Å². The minimum Gasteiger partial charge on any atom is -0.507 e. The van der Waals surface area contributed by atoms with Crippen molar-refractivity contribution in [3.8, 4) is 5.75 Å². The van der Waals surface area contributed by atoms with Gasteiger partial charge in [-0.1, -0.05) is 12.1 Å². The number of phenolic OH excluding ortho intramolecular Hbond substituents is 1. The molecule has 1 aromatic carbocycles. The predicted molar refractivity (Wildman–Crippen MR) is 73.4 cm³/mol. The van der Waals surface area contributed by atoms with E-state index in [1.165, 1.54) is 12.1 Å². The van der Waals surface area contributed by atoms with Crippen LogP contribution in [0.1, 0.15) is 15.9 Å². The monoisotopic (exact) mass is 303 g/mol. The van der Waals surface area contributed by atoms with Gasteiger partial charge in [0, 0.05) is 16.9 Å². The first kappa shape index (κ1) is 12.5. The second kappa shape index (κ2) is 5.60. The highest BCUT2D eigenvalue weighted by atomic mass is 79.9. The second-order valence-electron chi connectivity index (χ2n) is 3.65. The number of ketones is 1. The first-order chi connectivity index (χ1) is 8.66. The smallest absolute Gasteiger partial charge is 0.189 e. The highest BCUT2D eigenvalue weighted by Gasteiger charge is 2.06. The summed E-state index contributed by atoms with van der Waals surface area (Å²) >= 11 is 3.30. The molecular weight excluding hydrogens is 294 g/mol. The van der Waals surface area contributed by atoms with Gasteiger partial charge in [-0.15, -0.1) is 0 Å². The van der Waals surface area contributed by atoms with Crippen molar-refractivity contribution in [3.63, 3.8) is 0 Å². The molecule has 0 saturated carbocycles. The minimum atomic E-state index is -0.243. The fourth-order valence-corrected chi connectivity index (χ4v) is 1.85. The molecule has 0 spiro atoms. The number of hydrogen-bond donors (Lipinski definition) is 1. The summed E-state index contributed by atoms with van der Waals surface area (Å²) in [5.41, 5.74) is 1.10. The van der Waals surface area contributed by atoms with Crippen LogP contribution in [0, 0.1) is 0 Å². The topological polar surface area (TPSA) is 50.2 Å². The van der Waals surface area contributed by atoms with E-state index in [1.807, 2.05) is 6.07 Å². The number of pyridine rings is 1. The summed E-state index contributed by atoms with van der Waals surface area (Å²) in [6.45, 7) is 0. The third kappa shape index (κ3) is 3.05. The molecule has 1 N–H and O–H groups in total. The number of aromatic hydroxyl groups is 1. The number of hydrogen-bond acceptors (Lipinski definition) is 3. The van der Waals surface area contributed by atoms with Crippen molar-refractivity contribution in [1.29, 1.82) is 0 Å². The van der Waals surface area contributed by atoms with Gasteiger partial charge in [-0.05, 0) is 51.8 Å². The zero-order valence-electron chi connectivity index (χ0n) is 9.38. The van der Waals surface area contributed by atoms with Crippen LogP contribution in [0.4, 0.5) is 0 Å². The maximum absolute atomic E-state index is 11.8. The lowest BCUT2D eigenvalue weighted by atomic mass is 10.1. The molecule has 18 heavy (non-hydrogen) atoms. The van der Waals surface area contributed by atoms with E-state index in [0.29, 0.717) is 0 Å². The van der Waals surface area contributed by atoms with Gasteiger partial charge in [-0.3, -0.25) is 9.78 Å². The molecule has 1 heterocycles. The number of carbonyl (C=O) groups is 1. The quantitative estimate of drug-likeness (QED) is 0.698. The molecule has 4 heteroatoms. The van der Waals surface area contributed by atoms with E-state index < -0.39 is 0 Å². The van der Waals surface area contributed by atoms with Gasteiger partial charge < -0.3 is 5.11 Å². The molecule has 0 aliphatic heterocycles. The first-order valence-corrected chi connectivity index (χ1v) is 6.07. The Kier molecular flexibility index (Phi) is 3.89. The Morgan fingerprint density at radius 1 is 1.28 bits per heavy atom. The summed E-state index contributed by atoms with van der Waals surface area (Å²) in [6.07, 6.45) is 6.40. The van der Waals surface area contributed by atoms with Crippen LogP contribution in [0.3, 0.4) is 0 Å². The maximum atomic E-state index is 11.8. The van der Waals surface area contributed by atoms with Crippen LogP contribution in [-0.4, -0.2) is 15.9 Å². The number of benzene rings is 1. The van der Waals surface area contributed by atoms with Crippen LogP contribution in [0.2, 0.25) is 0 Å². The lowest BCUT2D eigenvalue weighted by Gasteiger charge is -1.99. The number of aromatic nitrogens is 1.